The Morgan fingerprint density at radius 2 is 2.38 bits per heavy atom. The predicted octanol–water partition coefficient (Wildman–Crippen LogP) is 2.76. The zero-order chi connectivity index (χ0) is 9.26. The number of H-pyrrole nitrogens is 1. The average Bonchev–Trinajstić information content (AvgIpc) is 2.72. The molecule has 0 fully saturated rings. The molecule has 4 heteroatoms. The van der Waals surface area contributed by atoms with Crippen LogP contribution >= 0.6 is 33.9 Å². The molecule has 2 N–H and O–H groups in total. The van der Waals surface area contributed by atoms with Gasteiger partial charge in [0.05, 0.1) is 2.88 Å². The first-order chi connectivity index (χ1) is 6.27. The van der Waals surface area contributed by atoms with Crippen molar-refractivity contribution in [1.29, 1.82) is 0 Å². The molecule has 1 unspecified atom stereocenters. The van der Waals surface area contributed by atoms with Gasteiger partial charge in [0.25, 0.3) is 0 Å². The highest BCUT2D eigenvalue weighted by molar-refractivity contribution is 14.1. The molecule has 0 aromatic carbocycles. The summed E-state index contributed by atoms with van der Waals surface area (Å²) in [5.41, 5.74) is 1.80. The van der Waals surface area contributed by atoms with Crippen LogP contribution in [-0.4, -0.2) is 10.1 Å². The number of aromatic nitrogens is 1. The second-order valence-corrected chi connectivity index (χ2v) is 5.52. The lowest BCUT2D eigenvalue weighted by Crippen LogP contribution is -1.97. The van der Waals surface area contributed by atoms with E-state index in [1.807, 2.05) is 29.8 Å². The molecule has 0 radical (unpaired) electrons. The second-order valence-electron chi connectivity index (χ2n) is 2.71. The van der Waals surface area contributed by atoms with Gasteiger partial charge in [-0.05, 0) is 51.7 Å². The first-order valence-corrected chi connectivity index (χ1v) is 5.78. The monoisotopic (exact) mass is 305 g/mol. The number of aliphatic hydroxyl groups is 1. The molecule has 0 saturated heterocycles. The van der Waals surface area contributed by atoms with E-state index in [1.54, 1.807) is 11.3 Å². The van der Waals surface area contributed by atoms with Gasteiger partial charge in [-0.3, -0.25) is 0 Å². The number of thiophene rings is 1. The van der Waals surface area contributed by atoms with Crippen molar-refractivity contribution in [3.63, 3.8) is 0 Å². The van der Waals surface area contributed by atoms with Crippen molar-refractivity contribution in [1.82, 2.24) is 4.98 Å². The lowest BCUT2D eigenvalue weighted by molar-refractivity contribution is 0.216. The SMILES string of the molecule is OC(c1csc(I)c1)c1ccc[nH]1. The summed E-state index contributed by atoms with van der Waals surface area (Å²) >= 11 is 3.89. The largest absolute Gasteiger partial charge is 0.382 e. The molecule has 68 valence electrons. The zero-order valence-corrected chi connectivity index (χ0v) is 9.67. The molecule has 0 bridgehead atoms. The van der Waals surface area contributed by atoms with Crippen LogP contribution in [0, 0.1) is 2.88 Å². The van der Waals surface area contributed by atoms with Crippen molar-refractivity contribution < 1.29 is 5.11 Å². The molecule has 2 heterocycles. The number of hydrogen-bond acceptors (Lipinski definition) is 2. The van der Waals surface area contributed by atoms with E-state index < -0.39 is 6.10 Å². The third-order valence-corrected chi connectivity index (χ3v) is 3.63. The fraction of sp³-hybridized carbons (Fsp3) is 0.111. The van der Waals surface area contributed by atoms with Crippen LogP contribution in [-0.2, 0) is 0 Å². The molecular weight excluding hydrogens is 297 g/mol. The standard InChI is InChI=1S/C9H8INOS/c10-8-4-6(5-13-8)9(12)7-2-1-3-11-7/h1-5,9,11-12H. The summed E-state index contributed by atoms with van der Waals surface area (Å²) in [6.45, 7) is 0. The lowest BCUT2D eigenvalue weighted by Gasteiger charge is -2.05. The van der Waals surface area contributed by atoms with Gasteiger partial charge in [0.2, 0.25) is 0 Å². The van der Waals surface area contributed by atoms with Crippen LogP contribution in [0.5, 0.6) is 0 Å². The molecule has 0 aliphatic heterocycles. The minimum absolute atomic E-state index is 0.519. The van der Waals surface area contributed by atoms with Crippen molar-refractivity contribution >= 4 is 33.9 Å². The van der Waals surface area contributed by atoms with Gasteiger partial charge in [0.1, 0.15) is 6.10 Å². The van der Waals surface area contributed by atoms with E-state index in [4.69, 9.17) is 0 Å². The van der Waals surface area contributed by atoms with E-state index >= 15 is 0 Å². The maximum atomic E-state index is 9.87. The molecule has 0 saturated carbocycles. The van der Waals surface area contributed by atoms with E-state index in [9.17, 15) is 5.11 Å². The topological polar surface area (TPSA) is 36.0 Å². The molecule has 1 atom stereocenters. The van der Waals surface area contributed by atoms with Gasteiger partial charge in [-0.25, -0.2) is 0 Å². The maximum absolute atomic E-state index is 9.87. The van der Waals surface area contributed by atoms with Gasteiger partial charge in [0, 0.05) is 11.9 Å². The molecule has 2 aromatic rings. The molecular formula is C9H8INOS. The van der Waals surface area contributed by atoms with Crippen LogP contribution in [0.2, 0.25) is 0 Å². The smallest absolute Gasteiger partial charge is 0.120 e. The minimum atomic E-state index is -0.519. The van der Waals surface area contributed by atoms with Gasteiger partial charge < -0.3 is 10.1 Å². The van der Waals surface area contributed by atoms with E-state index in [2.05, 4.69) is 27.6 Å². The van der Waals surface area contributed by atoms with Crippen molar-refractivity contribution in [2.24, 2.45) is 0 Å². The molecule has 0 aliphatic rings. The molecule has 13 heavy (non-hydrogen) atoms. The van der Waals surface area contributed by atoms with Crippen molar-refractivity contribution in [3.05, 3.63) is 43.9 Å². The van der Waals surface area contributed by atoms with Crippen LogP contribution in [0.15, 0.2) is 29.8 Å². The number of rotatable bonds is 2. The van der Waals surface area contributed by atoms with E-state index in [0.29, 0.717) is 0 Å². The van der Waals surface area contributed by atoms with E-state index in [-0.39, 0.29) is 0 Å². The highest BCUT2D eigenvalue weighted by atomic mass is 127. The quantitative estimate of drug-likeness (QED) is 0.822. The van der Waals surface area contributed by atoms with Gasteiger partial charge in [0.15, 0.2) is 0 Å². The fourth-order valence-corrected chi connectivity index (χ4v) is 2.55. The summed E-state index contributed by atoms with van der Waals surface area (Å²) in [5, 5.41) is 11.8. The van der Waals surface area contributed by atoms with E-state index in [1.165, 1.54) is 2.88 Å². The third kappa shape index (κ3) is 1.95. The fourth-order valence-electron chi connectivity index (χ4n) is 1.16. The molecule has 0 aliphatic carbocycles. The summed E-state index contributed by atoms with van der Waals surface area (Å²) < 4.78 is 1.19. The first-order valence-electron chi connectivity index (χ1n) is 3.82. The van der Waals surface area contributed by atoms with Crippen LogP contribution < -0.4 is 0 Å². The number of aliphatic hydroxyl groups excluding tert-OH is 1. The molecule has 2 rings (SSSR count). The Hall–Kier alpha value is -0.330. The van der Waals surface area contributed by atoms with Crippen LogP contribution in [0.25, 0.3) is 0 Å². The minimum Gasteiger partial charge on any atom is -0.382 e. The highest BCUT2D eigenvalue weighted by Gasteiger charge is 2.11. The van der Waals surface area contributed by atoms with Crippen LogP contribution in [0.3, 0.4) is 0 Å². The summed E-state index contributed by atoms with van der Waals surface area (Å²) in [4.78, 5) is 3.00. The lowest BCUT2D eigenvalue weighted by atomic mass is 10.1. The Bertz CT molecular complexity index is 382. The number of halogens is 1. The number of nitrogens with one attached hydrogen (secondary N) is 1. The number of aromatic amines is 1. The van der Waals surface area contributed by atoms with Crippen LogP contribution in [0.1, 0.15) is 17.4 Å². The summed E-state index contributed by atoms with van der Waals surface area (Å²) in [6.07, 6.45) is 1.30. The Morgan fingerprint density at radius 3 is 2.92 bits per heavy atom. The summed E-state index contributed by atoms with van der Waals surface area (Å²) in [5.74, 6) is 0. The van der Waals surface area contributed by atoms with Crippen molar-refractivity contribution in [3.8, 4) is 0 Å². The Balaban J connectivity index is 2.28. The van der Waals surface area contributed by atoms with Crippen LogP contribution in [0.4, 0.5) is 0 Å². The molecule has 2 aromatic heterocycles. The first kappa shape index (κ1) is 9.23. The Labute approximate surface area is 93.8 Å². The van der Waals surface area contributed by atoms with Crippen molar-refractivity contribution in [2.45, 2.75) is 6.10 Å². The molecule has 2 nitrogen and oxygen atoms in total. The maximum Gasteiger partial charge on any atom is 0.120 e. The summed E-state index contributed by atoms with van der Waals surface area (Å²) in [7, 11) is 0. The zero-order valence-electron chi connectivity index (χ0n) is 6.70. The van der Waals surface area contributed by atoms with Crippen molar-refractivity contribution in [2.75, 3.05) is 0 Å². The second kappa shape index (κ2) is 3.81. The van der Waals surface area contributed by atoms with Gasteiger partial charge in [-0.1, -0.05) is 0 Å². The van der Waals surface area contributed by atoms with Gasteiger partial charge in [-0.15, -0.1) is 11.3 Å². The normalized spacial score (nSPS) is 13.1. The molecule has 0 amide bonds. The van der Waals surface area contributed by atoms with Gasteiger partial charge in [-0.2, -0.15) is 0 Å². The number of hydrogen-bond donors (Lipinski definition) is 2. The highest BCUT2D eigenvalue weighted by Crippen LogP contribution is 2.25. The third-order valence-electron chi connectivity index (χ3n) is 1.82. The Kier molecular flexibility index (Phi) is 2.71. The summed E-state index contributed by atoms with van der Waals surface area (Å²) in [6, 6.07) is 5.77. The predicted molar refractivity (Wildman–Crippen MR) is 61.9 cm³/mol. The average molecular weight is 305 g/mol. The Morgan fingerprint density at radius 1 is 1.54 bits per heavy atom. The molecule has 0 spiro atoms. The van der Waals surface area contributed by atoms with Gasteiger partial charge >= 0.3 is 0 Å². The van der Waals surface area contributed by atoms with E-state index in [0.717, 1.165) is 11.3 Å².